The number of hydrogen-bond donors (Lipinski definition) is 1. The Morgan fingerprint density at radius 2 is 1.75 bits per heavy atom. The largest absolute Gasteiger partial charge is 0.471 e. The first kappa shape index (κ1) is 21.6. The van der Waals surface area contributed by atoms with Crippen LogP contribution in [0, 0.1) is 6.92 Å². The molecule has 1 amide bonds. The molecule has 2 heterocycles. The molecule has 0 fully saturated rings. The van der Waals surface area contributed by atoms with Gasteiger partial charge in [-0.1, -0.05) is 54.1 Å². The van der Waals surface area contributed by atoms with E-state index in [1.807, 2.05) is 49.4 Å². The van der Waals surface area contributed by atoms with E-state index < -0.39 is 0 Å². The molecule has 1 N–H and O–H groups in total. The number of aromatic nitrogens is 4. The molecule has 8 heteroatoms. The summed E-state index contributed by atoms with van der Waals surface area (Å²) in [5, 5.41) is 12.1. The Morgan fingerprint density at radius 3 is 2.47 bits per heavy atom. The first-order valence-electron chi connectivity index (χ1n) is 10.4. The summed E-state index contributed by atoms with van der Waals surface area (Å²) in [7, 11) is 0. The Hall–Kier alpha value is -3.58. The van der Waals surface area contributed by atoms with Crippen molar-refractivity contribution >= 4 is 17.5 Å². The molecule has 0 aliphatic rings. The molecule has 0 saturated carbocycles. The normalized spacial score (nSPS) is 10.8. The Morgan fingerprint density at radius 1 is 1.00 bits per heavy atom. The Balaban J connectivity index is 1.22. The molecule has 0 bridgehead atoms. The number of amides is 1. The molecule has 4 aromatic rings. The van der Waals surface area contributed by atoms with Crippen molar-refractivity contribution in [2.45, 2.75) is 26.6 Å². The molecule has 0 saturated heterocycles. The van der Waals surface area contributed by atoms with Gasteiger partial charge in [0.25, 0.3) is 5.91 Å². The average Bonchev–Trinajstić information content (AvgIpc) is 3.42. The fourth-order valence-corrected chi connectivity index (χ4v) is 3.36. The number of benzene rings is 2. The standard InChI is InChI=1S/C24H24ClN5O2/c1-18-22(25)16-29(27-18)14-5-13-26-24(31)23-12-15-30(28-23)17-32-21-10-8-20(9-11-21)19-6-3-2-4-7-19/h2-4,6-12,15-16H,5,13-14,17H2,1H3,(H,26,31). The van der Waals surface area contributed by atoms with Crippen LogP contribution in [0.4, 0.5) is 0 Å². The van der Waals surface area contributed by atoms with Gasteiger partial charge in [-0.15, -0.1) is 0 Å². The van der Waals surface area contributed by atoms with E-state index in [0.717, 1.165) is 29.0 Å². The van der Waals surface area contributed by atoms with E-state index in [-0.39, 0.29) is 12.6 Å². The van der Waals surface area contributed by atoms with Gasteiger partial charge >= 0.3 is 0 Å². The minimum Gasteiger partial charge on any atom is -0.471 e. The highest BCUT2D eigenvalue weighted by molar-refractivity contribution is 6.31. The number of rotatable bonds is 9. The zero-order chi connectivity index (χ0) is 22.3. The molecule has 164 valence electrons. The molecular formula is C24H24ClN5O2. The summed E-state index contributed by atoms with van der Waals surface area (Å²) < 4.78 is 9.16. The fourth-order valence-electron chi connectivity index (χ4n) is 3.21. The maximum absolute atomic E-state index is 12.3. The second-order valence-electron chi connectivity index (χ2n) is 7.34. The van der Waals surface area contributed by atoms with Crippen LogP contribution >= 0.6 is 11.6 Å². The van der Waals surface area contributed by atoms with Crippen LogP contribution in [-0.4, -0.2) is 32.0 Å². The summed E-state index contributed by atoms with van der Waals surface area (Å²) in [6.45, 7) is 3.28. The molecule has 2 aromatic heterocycles. The predicted molar refractivity (Wildman–Crippen MR) is 124 cm³/mol. The zero-order valence-electron chi connectivity index (χ0n) is 17.7. The number of carbonyl (C=O) groups is 1. The van der Waals surface area contributed by atoms with Gasteiger partial charge in [0.05, 0.1) is 10.7 Å². The van der Waals surface area contributed by atoms with E-state index in [4.69, 9.17) is 16.3 Å². The lowest BCUT2D eigenvalue weighted by Gasteiger charge is -2.08. The van der Waals surface area contributed by atoms with Gasteiger partial charge in [-0.2, -0.15) is 10.2 Å². The van der Waals surface area contributed by atoms with E-state index in [0.29, 0.717) is 23.8 Å². The maximum atomic E-state index is 12.3. The first-order chi connectivity index (χ1) is 15.6. The minimum absolute atomic E-state index is 0.217. The summed E-state index contributed by atoms with van der Waals surface area (Å²) in [4.78, 5) is 12.3. The topological polar surface area (TPSA) is 74.0 Å². The second-order valence-corrected chi connectivity index (χ2v) is 7.75. The molecule has 32 heavy (non-hydrogen) atoms. The van der Waals surface area contributed by atoms with Crippen molar-refractivity contribution in [2.75, 3.05) is 6.54 Å². The third-order valence-electron chi connectivity index (χ3n) is 4.93. The average molecular weight is 450 g/mol. The molecule has 0 atom stereocenters. The van der Waals surface area contributed by atoms with Gasteiger partial charge in [-0.25, -0.2) is 4.68 Å². The van der Waals surface area contributed by atoms with Crippen LogP contribution in [0.2, 0.25) is 5.02 Å². The van der Waals surface area contributed by atoms with E-state index in [2.05, 4.69) is 27.6 Å². The Bertz CT molecular complexity index is 1150. The van der Waals surface area contributed by atoms with Crippen LogP contribution in [0.3, 0.4) is 0 Å². The summed E-state index contributed by atoms with van der Waals surface area (Å²) in [6, 6.07) is 19.7. The Kier molecular flexibility index (Phi) is 6.87. The summed E-state index contributed by atoms with van der Waals surface area (Å²) in [5.74, 6) is 0.519. The number of nitrogens with zero attached hydrogens (tertiary/aromatic N) is 4. The molecule has 4 rings (SSSR count). The number of ether oxygens (including phenoxy) is 1. The predicted octanol–water partition coefficient (Wildman–Crippen LogP) is 4.57. The van der Waals surface area contributed by atoms with E-state index in [1.165, 1.54) is 0 Å². The van der Waals surface area contributed by atoms with Gasteiger partial charge in [-0.05, 0) is 42.7 Å². The van der Waals surface area contributed by atoms with Crippen molar-refractivity contribution in [1.82, 2.24) is 24.9 Å². The van der Waals surface area contributed by atoms with Gasteiger partial charge in [0.2, 0.25) is 0 Å². The highest BCUT2D eigenvalue weighted by Gasteiger charge is 2.09. The van der Waals surface area contributed by atoms with Crippen molar-refractivity contribution in [1.29, 1.82) is 0 Å². The number of nitrogens with one attached hydrogen (secondary N) is 1. The SMILES string of the molecule is Cc1nn(CCCNC(=O)c2ccn(COc3ccc(-c4ccccc4)cc3)n2)cc1Cl. The van der Waals surface area contributed by atoms with Gasteiger partial charge in [0, 0.05) is 25.5 Å². The van der Waals surface area contributed by atoms with Crippen molar-refractivity contribution in [3.8, 4) is 16.9 Å². The molecule has 0 radical (unpaired) electrons. The molecule has 2 aromatic carbocycles. The van der Waals surface area contributed by atoms with Crippen molar-refractivity contribution < 1.29 is 9.53 Å². The number of hydrogen-bond acceptors (Lipinski definition) is 4. The highest BCUT2D eigenvalue weighted by Crippen LogP contribution is 2.22. The summed E-state index contributed by atoms with van der Waals surface area (Å²) in [5.41, 5.74) is 3.44. The summed E-state index contributed by atoms with van der Waals surface area (Å²) in [6.07, 6.45) is 4.25. The lowest BCUT2D eigenvalue weighted by atomic mass is 10.1. The second kappa shape index (κ2) is 10.2. The highest BCUT2D eigenvalue weighted by atomic mass is 35.5. The van der Waals surface area contributed by atoms with Crippen LogP contribution in [0.1, 0.15) is 22.6 Å². The van der Waals surface area contributed by atoms with Crippen LogP contribution in [0.5, 0.6) is 5.75 Å². The van der Waals surface area contributed by atoms with Gasteiger partial charge in [0.15, 0.2) is 6.73 Å². The van der Waals surface area contributed by atoms with Crippen molar-refractivity contribution in [3.63, 3.8) is 0 Å². The molecule has 7 nitrogen and oxygen atoms in total. The minimum atomic E-state index is -0.217. The third-order valence-corrected chi connectivity index (χ3v) is 5.31. The quantitative estimate of drug-likeness (QED) is 0.380. The smallest absolute Gasteiger partial charge is 0.271 e. The first-order valence-corrected chi connectivity index (χ1v) is 10.8. The van der Waals surface area contributed by atoms with Crippen LogP contribution in [-0.2, 0) is 13.3 Å². The molecule has 0 spiro atoms. The zero-order valence-corrected chi connectivity index (χ0v) is 18.5. The molecule has 0 aliphatic carbocycles. The van der Waals surface area contributed by atoms with Crippen LogP contribution < -0.4 is 10.1 Å². The molecule has 0 aliphatic heterocycles. The number of carbonyl (C=O) groups excluding carboxylic acids is 1. The number of aryl methyl sites for hydroxylation is 2. The monoisotopic (exact) mass is 449 g/mol. The van der Waals surface area contributed by atoms with Crippen molar-refractivity contribution in [3.05, 3.63) is 89.5 Å². The lowest BCUT2D eigenvalue weighted by molar-refractivity contribution is 0.0945. The Labute approximate surface area is 191 Å². The van der Waals surface area contributed by atoms with Crippen LogP contribution in [0.25, 0.3) is 11.1 Å². The lowest BCUT2D eigenvalue weighted by Crippen LogP contribution is -2.26. The van der Waals surface area contributed by atoms with Crippen molar-refractivity contribution in [2.24, 2.45) is 0 Å². The van der Waals surface area contributed by atoms with Gasteiger partial charge < -0.3 is 10.1 Å². The van der Waals surface area contributed by atoms with Gasteiger partial charge in [-0.3, -0.25) is 9.48 Å². The fraction of sp³-hybridized carbons (Fsp3) is 0.208. The number of halogens is 1. The van der Waals surface area contributed by atoms with E-state index in [1.54, 1.807) is 27.8 Å². The third kappa shape index (κ3) is 5.56. The van der Waals surface area contributed by atoms with Gasteiger partial charge in [0.1, 0.15) is 11.4 Å². The maximum Gasteiger partial charge on any atom is 0.271 e. The van der Waals surface area contributed by atoms with E-state index in [9.17, 15) is 4.79 Å². The van der Waals surface area contributed by atoms with E-state index >= 15 is 0 Å². The molecule has 0 unspecified atom stereocenters. The van der Waals surface area contributed by atoms with Crippen LogP contribution in [0.15, 0.2) is 73.1 Å². The summed E-state index contributed by atoms with van der Waals surface area (Å²) >= 11 is 6.00. The molecular weight excluding hydrogens is 426 g/mol.